The van der Waals surface area contributed by atoms with Gasteiger partial charge in [0.15, 0.2) is 6.10 Å². The van der Waals surface area contributed by atoms with Gasteiger partial charge in [-0.2, -0.15) is 13.2 Å². The third-order valence-electron chi connectivity index (χ3n) is 8.60. The smallest absolute Gasteiger partial charge is 0.416 e. The number of likely N-dealkylation sites (tertiary alicyclic amines) is 1. The van der Waals surface area contributed by atoms with Crippen LogP contribution in [-0.2, 0) is 34.1 Å². The van der Waals surface area contributed by atoms with Gasteiger partial charge in [-0.05, 0) is 77.3 Å². The molecule has 0 amide bonds. The van der Waals surface area contributed by atoms with Crippen molar-refractivity contribution in [3.8, 4) is 11.5 Å². The molecule has 45 heavy (non-hydrogen) atoms. The maximum absolute atomic E-state index is 12.8. The lowest BCUT2D eigenvalue weighted by Crippen LogP contribution is -2.33. The van der Waals surface area contributed by atoms with Gasteiger partial charge < -0.3 is 19.5 Å². The monoisotopic (exact) mass is 624 g/mol. The van der Waals surface area contributed by atoms with Crippen molar-refractivity contribution in [3.63, 3.8) is 0 Å². The molecular weight excluding hydrogens is 581 g/mol. The van der Waals surface area contributed by atoms with Crippen molar-refractivity contribution in [2.45, 2.75) is 64.4 Å². The number of hydrogen-bond acceptors (Lipinski definition) is 6. The van der Waals surface area contributed by atoms with Gasteiger partial charge in [-0.3, -0.25) is 4.90 Å². The van der Waals surface area contributed by atoms with Crippen LogP contribution in [-0.4, -0.2) is 55.9 Å². The lowest BCUT2D eigenvalue weighted by Gasteiger charge is -2.21. The lowest BCUT2D eigenvalue weighted by molar-refractivity contribution is -0.151. The second-order valence-electron chi connectivity index (χ2n) is 13.0. The highest BCUT2D eigenvalue weighted by Crippen LogP contribution is 2.45. The molecule has 1 saturated heterocycles. The van der Waals surface area contributed by atoms with Crippen LogP contribution in [0.1, 0.15) is 49.9 Å². The zero-order valence-corrected chi connectivity index (χ0v) is 26.4. The Morgan fingerprint density at radius 1 is 0.867 bits per heavy atom. The Bertz CT molecular complexity index is 1390. The van der Waals surface area contributed by atoms with E-state index in [2.05, 4.69) is 31.0 Å². The van der Waals surface area contributed by atoms with E-state index in [1.54, 1.807) is 19.1 Å². The molecule has 242 valence electrons. The molecule has 3 aromatic carbocycles. The fourth-order valence-corrected chi connectivity index (χ4v) is 6.04. The number of halogens is 3. The van der Waals surface area contributed by atoms with E-state index in [4.69, 9.17) is 14.2 Å². The molecule has 1 aliphatic heterocycles. The van der Waals surface area contributed by atoms with Gasteiger partial charge in [0, 0.05) is 38.6 Å². The first kappa shape index (κ1) is 32.8. The van der Waals surface area contributed by atoms with Crippen molar-refractivity contribution in [3.05, 3.63) is 95.1 Å². The van der Waals surface area contributed by atoms with Crippen LogP contribution in [0, 0.1) is 11.8 Å². The average Bonchev–Trinajstić information content (AvgIpc) is 3.44. The fraction of sp³-hybridized carbons (Fsp3) is 0.472. The Kier molecular flexibility index (Phi) is 10.1. The van der Waals surface area contributed by atoms with Crippen LogP contribution >= 0.6 is 0 Å². The molecule has 0 bridgehead atoms. The predicted molar refractivity (Wildman–Crippen MR) is 167 cm³/mol. The van der Waals surface area contributed by atoms with E-state index >= 15 is 0 Å². The third-order valence-corrected chi connectivity index (χ3v) is 8.60. The summed E-state index contributed by atoms with van der Waals surface area (Å²) in [6, 6.07) is 21.5. The Hall–Kier alpha value is -3.56. The topological polar surface area (TPSA) is 60.0 Å². The van der Waals surface area contributed by atoms with Gasteiger partial charge in [0.05, 0.1) is 12.2 Å². The summed E-state index contributed by atoms with van der Waals surface area (Å²) in [4.78, 5) is 15.0. The van der Waals surface area contributed by atoms with Crippen molar-refractivity contribution in [2.24, 2.45) is 11.8 Å². The van der Waals surface area contributed by atoms with E-state index in [1.807, 2.05) is 48.5 Å². The molecule has 9 heteroatoms. The number of piperidine rings is 1. The number of carbonyl (C=O) groups is 1. The van der Waals surface area contributed by atoms with E-state index in [0.717, 1.165) is 48.6 Å². The molecule has 1 aliphatic carbocycles. The minimum atomic E-state index is -4.30. The fourth-order valence-electron chi connectivity index (χ4n) is 6.04. The summed E-state index contributed by atoms with van der Waals surface area (Å²) in [6.07, 6.45) is -4.68. The molecule has 4 atom stereocenters. The van der Waals surface area contributed by atoms with Crippen molar-refractivity contribution < 1.29 is 32.2 Å². The first-order chi connectivity index (χ1) is 21.4. The maximum atomic E-state index is 12.8. The minimum Gasteiger partial charge on any atom is -0.492 e. The zero-order valence-electron chi connectivity index (χ0n) is 26.4. The highest BCUT2D eigenvalue weighted by Gasteiger charge is 2.55. The summed E-state index contributed by atoms with van der Waals surface area (Å²) >= 11 is 0. The number of benzene rings is 3. The molecule has 2 aliphatic rings. The van der Waals surface area contributed by atoms with Crippen molar-refractivity contribution >= 4 is 5.97 Å². The quantitative estimate of drug-likeness (QED) is 0.170. The van der Waals surface area contributed by atoms with Gasteiger partial charge in [-0.1, -0.05) is 57.2 Å². The molecule has 0 radical (unpaired) electrons. The number of esters is 1. The van der Waals surface area contributed by atoms with Crippen LogP contribution in [0.4, 0.5) is 13.2 Å². The van der Waals surface area contributed by atoms with Crippen LogP contribution in [0.5, 0.6) is 11.5 Å². The number of nitrogens with zero attached hydrogens (tertiary/aromatic N) is 1. The second-order valence-corrected chi connectivity index (χ2v) is 13.0. The summed E-state index contributed by atoms with van der Waals surface area (Å²) in [5.74, 6) is 2.14. The number of rotatable bonds is 13. The second kappa shape index (κ2) is 13.8. The number of alkyl halides is 3. The van der Waals surface area contributed by atoms with E-state index in [9.17, 15) is 18.0 Å². The zero-order chi connectivity index (χ0) is 32.2. The summed E-state index contributed by atoms with van der Waals surface area (Å²) < 4.78 is 55.7. The highest BCUT2D eigenvalue weighted by atomic mass is 19.4. The molecule has 6 nitrogen and oxygen atoms in total. The molecule has 1 heterocycles. The number of nitrogens with one attached hydrogen (secondary N) is 1. The third kappa shape index (κ3) is 8.79. The largest absolute Gasteiger partial charge is 0.492 e. The van der Waals surface area contributed by atoms with Crippen LogP contribution in [0.3, 0.4) is 0 Å². The van der Waals surface area contributed by atoms with E-state index < -0.39 is 23.8 Å². The van der Waals surface area contributed by atoms with Crippen molar-refractivity contribution in [1.29, 1.82) is 0 Å². The van der Waals surface area contributed by atoms with Crippen molar-refractivity contribution in [1.82, 2.24) is 10.2 Å². The summed E-state index contributed by atoms with van der Waals surface area (Å²) in [5, 5.41) is 3.59. The Morgan fingerprint density at radius 2 is 1.44 bits per heavy atom. The number of carbonyl (C=O) groups excluding carboxylic acids is 1. The van der Waals surface area contributed by atoms with Crippen LogP contribution in [0.2, 0.25) is 0 Å². The van der Waals surface area contributed by atoms with Gasteiger partial charge in [0.2, 0.25) is 0 Å². The lowest BCUT2D eigenvalue weighted by atomic mass is 9.87. The first-order valence-corrected chi connectivity index (χ1v) is 15.7. The molecule has 1 N–H and O–H groups in total. The Labute approximate surface area is 263 Å². The molecule has 2 fully saturated rings. The summed E-state index contributed by atoms with van der Waals surface area (Å²) in [6.45, 7) is 12.4. The standard InChI is InChI=1S/C36H43F3N2O4/c1-5-43-34(42)32(45-29-16-12-26(13-17-29)35(2,3)4)20-24-8-14-28(15-9-24)44-19-18-40-33-30-22-41(23-31(30)33)21-25-6-10-27(11-7-25)36(37,38)39/h6-17,30-33,40H,5,18-23H2,1-4H3/t30-,31?,32-,33?/m0/s1. The van der Waals surface area contributed by atoms with Gasteiger partial charge in [-0.15, -0.1) is 0 Å². The first-order valence-electron chi connectivity index (χ1n) is 15.7. The van der Waals surface area contributed by atoms with E-state index in [1.165, 1.54) is 5.56 Å². The van der Waals surface area contributed by atoms with Gasteiger partial charge in [0.1, 0.15) is 18.1 Å². The molecule has 0 spiro atoms. The van der Waals surface area contributed by atoms with Crippen LogP contribution in [0.15, 0.2) is 72.8 Å². The van der Waals surface area contributed by atoms with E-state index in [-0.39, 0.29) is 12.0 Å². The van der Waals surface area contributed by atoms with Crippen molar-refractivity contribution in [2.75, 3.05) is 32.8 Å². The molecular formula is C36H43F3N2O4. The van der Waals surface area contributed by atoms with Gasteiger partial charge in [0.25, 0.3) is 0 Å². The van der Waals surface area contributed by atoms with Gasteiger partial charge >= 0.3 is 12.1 Å². The molecule has 2 unspecified atom stereocenters. The van der Waals surface area contributed by atoms with E-state index in [0.29, 0.717) is 43.2 Å². The predicted octanol–water partition coefficient (Wildman–Crippen LogP) is 6.65. The molecule has 5 rings (SSSR count). The molecule has 3 aromatic rings. The number of fused-ring (bicyclic) bond motifs is 1. The molecule has 1 saturated carbocycles. The van der Waals surface area contributed by atoms with Gasteiger partial charge in [-0.25, -0.2) is 4.79 Å². The SMILES string of the molecule is CCOC(=O)[C@H](Cc1ccc(OCCNC2C3CN(Cc4ccc(C(F)(F)F)cc4)C[C@@H]32)cc1)Oc1ccc(C(C)(C)C)cc1. The molecule has 0 aromatic heterocycles. The number of ether oxygens (including phenoxy) is 3. The van der Waals surface area contributed by atoms with Crippen LogP contribution in [0.25, 0.3) is 0 Å². The number of hydrogen-bond donors (Lipinski definition) is 1. The normalized spacial score (nSPS) is 20.4. The maximum Gasteiger partial charge on any atom is 0.416 e. The highest BCUT2D eigenvalue weighted by molar-refractivity contribution is 5.75. The Balaban J connectivity index is 1.02. The summed E-state index contributed by atoms with van der Waals surface area (Å²) in [7, 11) is 0. The van der Waals surface area contributed by atoms with Crippen LogP contribution < -0.4 is 14.8 Å². The summed E-state index contributed by atoms with van der Waals surface area (Å²) in [5.41, 5.74) is 2.46. The average molecular weight is 625 g/mol. The Morgan fingerprint density at radius 3 is 2.02 bits per heavy atom. The minimum absolute atomic E-state index is 0.0288.